The molecule has 0 aliphatic heterocycles. The number of anilines is 2. The molecule has 1 aromatic rings. The van der Waals surface area contributed by atoms with Crippen LogP contribution in [0.15, 0.2) is 0 Å². The summed E-state index contributed by atoms with van der Waals surface area (Å²) in [5.41, 5.74) is 0.821. The molecule has 5 nitrogen and oxygen atoms in total. The van der Waals surface area contributed by atoms with Crippen molar-refractivity contribution in [3.05, 3.63) is 10.7 Å². The highest BCUT2D eigenvalue weighted by Gasteiger charge is 2.26. The van der Waals surface area contributed by atoms with Gasteiger partial charge in [-0.15, -0.1) is 0 Å². The highest BCUT2D eigenvalue weighted by Crippen LogP contribution is 2.27. The number of halogens is 1. The first-order valence-corrected chi connectivity index (χ1v) is 6.53. The predicted molar refractivity (Wildman–Crippen MR) is 73.4 cm³/mol. The summed E-state index contributed by atoms with van der Waals surface area (Å²) in [7, 11) is 3.74. The summed E-state index contributed by atoms with van der Waals surface area (Å²) in [5.74, 6) is 1.28. The van der Waals surface area contributed by atoms with Gasteiger partial charge in [-0.25, -0.2) is 4.98 Å². The van der Waals surface area contributed by atoms with Crippen molar-refractivity contribution in [1.82, 2.24) is 9.97 Å². The van der Waals surface area contributed by atoms with Crippen LogP contribution >= 0.6 is 11.6 Å². The Labute approximate surface area is 112 Å². The number of hydrogen-bond donors (Lipinski definition) is 2. The van der Waals surface area contributed by atoms with E-state index in [2.05, 4.69) is 15.3 Å². The van der Waals surface area contributed by atoms with Crippen molar-refractivity contribution in [1.29, 1.82) is 0 Å². The number of rotatable bonds is 3. The molecule has 0 bridgehead atoms. The largest absolute Gasteiger partial charge is 0.391 e. The average Bonchev–Trinajstić information content (AvgIpc) is 2.70. The van der Waals surface area contributed by atoms with Gasteiger partial charge in [0.15, 0.2) is 0 Å². The molecule has 0 radical (unpaired) electrons. The Morgan fingerprint density at radius 3 is 2.61 bits per heavy atom. The molecule has 6 heteroatoms. The van der Waals surface area contributed by atoms with E-state index in [4.69, 9.17) is 11.6 Å². The molecule has 1 heterocycles. The quantitative estimate of drug-likeness (QED) is 0.821. The van der Waals surface area contributed by atoms with Crippen LogP contribution < -0.4 is 10.2 Å². The molecule has 0 aromatic carbocycles. The minimum atomic E-state index is -0.305. The van der Waals surface area contributed by atoms with E-state index in [0.717, 1.165) is 24.8 Å². The van der Waals surface area contributed by atoms with E-state index in [-0.39, 0.29) is 12.1 Å². The third-order valence-corrected chi connectivity index (χ3v) is 3.64. The monoisotopic (exact) mass is 270 g/mol. The van der Waals surface area contributed by atoms with Crippen molar-refractivity contribution in [2.24, 2.45) is 0 Å². The second-order valence-corrected chi connectivity index (χ2v) is 5.29. The van der Waals surface area contributed by atoms with Gasteiger partial charge in [-0.05, 0) is 26.2 Å². The molecule has 2 atom stereocenters. The smallest absolute Gasteiger partial charge is 0.228 e. The van der Waals surface area contributed by atoms with E-state index >= 15 is 0 Å². The third kappa shape index (κ3) is 2.67. The lowest BCUT2D eigenvalue weighted by Gasteiger charge is -2.20. The van der Waals surface area contributed by atoms with Crippen LogP contribution in [0.5, 0.6) is 0 Å². The number of nitrogens with zero attached hydrogens (tertiary/aromatic N) is 3. The summed E-state index contributed by atoms with van der Waals surface area (Å²) in [6.45, 7) is 1.88. The average molecular weight is 271 g/mol. The second-order valence-electron chi connectivity index (χ2n) is 4.93. The lowest BCUT2D eigenvalue weighted by Crippen LogP contribution is -2.29. The van der Waals surface area contributed by atoms with E-state index in [0.29, 0.717) is 16.9 Å². The van der Waals surface area contributed by atoms with E-state index < -0.39 is 0 Å². The molecule has 0 saturated heterocycles. The lowest BCUT2D eigenvalue weighted by molar-refractivity contribution is 0.171. The summed E-state index contributed by atoms with van der Waals surface area (Å²) in [5, 5.41) is 13.6. The van der Waals surface area contributed by atoms with Gasteiger partial charge in [0.2, 0.25) is 5.95 Å². The number of aromatic nitrogens is 2. The summed E-state index contributed by atoms with van der Waals surface area (Å²) in [6.07, 6.45) is 2.54. The summed E-state index contributed by atoms with van der Waals surface area (Å²) >= 11 is 6.10. The van der Waals surface area contributed by atoms with Crippen LogP contribution in [0.3, 0.4) is 0 Å². The minimum Gasteiger partial charge on any atom is -0.391 e. The van der Waals surface area contributed by atoms with Gasteiger partial charge in [0.25, 0.3) is 0 Å². The molecule has 2 unspecified atom stereocenters. The topological polar surface area (TPSA) is 61.3 Å². The fourth-order valence-corrected chi connectivity index (χ4v) is 2.27. The summed E-state index contributed by atoms with van der Waals surface area (Å²) < 4.78 is 0. The maximum atomic E-state index is 9.84. The molecule has 1 aromatic heterocycles. The van der Waals surface area contributed by atoms with Crippen LogP contribution in [-0.2, 0) is 0 Å². The molecule has 1 aliphatic carbocycles. The molecule has 2 N–H and O–H groups in total. The van der Waals surface area contributed by atoms with Crippen molar-refractivity contribution >= 4 is 23.4 Å². The highest BCUT2D eigenvalue weighted by atomic mass is 35.5. The van der Waals surface area contributed by atoms with Crippen LogP contribution in [0.1, 0.15) is 24.8 Å². The zero-order chi connectivity index (χ0) is 13.3. The number of nitrogens with one attached hydrogen (secondary N) is 1. The normalized spacial score (nSPS) is 23.2. The maximum absolute atomic E-state index is 9.84. The fraction of sp³-hybridized carbons (Fsp3) is 0.667. The third-order valence-electron chi connectivity index (χ3n) is 3.28. The van der Waals surface area contributed by atoms with Gasteiger partial charge >= 0.3 is 0 Å². The number of aliphatic hydroxyl groups excluding tert-OH is 1. The van der Waals surface area contributed by atoms with Crippen LogP contribution in [-0.4, -0.2) is 41.3 Å². The first-order valence-electron chi connectivity index (χ1n) is 6.15. The molecule has 1 aliphatic rings. The molecule has 0 amide bonds. The van der Waals surface area contributed by atoms with Gasteiger partial charge in [-0.1, -0.05) is 11.6 Å². The Bertz CT molecular complexity index is 438. The first-order chi connectivity index (χ1) is 8.49. The number of aliphatic hydroxyl groups is 1. The zero-order valence-electron chi connectivity index (χ0n) is 10.9. The molecular formula is C12H19ClN4O. The van der Waals surface area contributed by atoms with Crippen molar-refractivity contribution in [3.8, 4) is 0 Å². The van der Waals surface area contributed by atoms with Gasteiger partial charge in [0.1, 0.15) is 11.0 Å². The van der Waals surface area contributed by atoms with Gasteiger partial charge < -0.3 is 15.3 Å². The number of hydrogen-bond acceptors (Lipinski definition) is 5. The van der Waals surface area contributed by atoms with Gasteiger partial charge in [-0.3, -0.25) is 0 Å². The van der Waals surface area contributed by atoms with E-state index in [1.165, 1.54) is 0 Å². The Morgan fingerprint density at radius 2 is 2.06 bits per heavy atom. The van der Waals surface area contributed by atoms with Crippen molar-refractivity contribution in [2.75, 3.05) is 24.3 Å². The van der Waals surface area contributed by atoms with Crippen molar-refractivity contribution in [3.63, 3.8) is 0 Å². The molecule has 0 spiro atoms. The highest BCUT2D eigenvalue weighted by molar-refractivity contribution is 6.30. The summed E-state index contributed by atoms with van der Waals surface area (Å²) in [6, 6.07) is 0.0599. The minimum absolute atomic E-state index is 0.0599. The second kappa shape index (κ2) is 5.28. The van der Waals surface area contributed by atoms with Crippen molar-refractivity contribution in [2.45, 2.75) is 38.3 Å². The zero-order valence-corrected chi connectivity index (χ0v) is 11.7. The molecule has 1 saturated carbocycles. The Morgan fingerprint density at radius 1 is 1.33 bits per heavy atom. The van der Waals surface area contributed by atoms with Crippen LogP contribution in [0.4, 0.5) is 11.8 Å². The van der Waals surface area contributed by atoms with Gasteiger partial charge in [0.05, 0.1) is 12.1 Å². The fourth-order valence-electron chi connectivity index (χ4n) is 2.10. The Balaban J connectivity index is 2.25. The van der Waals surface area contributed by atoms with Crippen LogP contribution in [0.2, 0.25) is 5.15 Å². The van der Waals surface area contributed by atoms with E-state index in [9.17, 15) is 5.11 Å². The van der Waals surface area contributed by atoms with Gasteiger partial charge in [0, 0.05) is 19.7 Å². The summed E-state index contributed by atoms with van der Waals surface area (Å²) in [4.78, 5) is 10.5. The van der Waals surface area contributed by atoms with Gasteiger partial charge in [-0.2, -0.15) is 4.98 Å². The van der Waals surface area contributed by atoms with Crippen molar-refractivity contribution < 1.29 is 5.11 Å². The Kier molecular flexibility index (Phi) is 3.92. The maximum Gasteiger partial charge on any atom is 0.228 e. The molecular weight excluding hydrogens is 252 g/mol. The molecule has 1 fully saturated rings. The molecule has 18 heavy (non-hydrogen) atoms. The van der Waals surface area contributed by atoms with E-state index in [1.807, 2.05) is 25.9 Å². The SMILES string of the molecule is Cc1c(Cl)nc(N(C)C)nc1NC1CCCC1O. The molecule has 2 rings (SSSR count). The standard InChI is InChI=1S/C12H19ClN4O/c1-7-10(13)15-12(17(2)3)16-11(7)14-8-5-4-6-9(8)18/h8-9,18H,4-6H2,1-3H3,(H,14,15,16). The van der Waals surface area contributed by atoms with Crippen LogP contribution in [0.25, 0.3) is 0 Å². The predicted octanol–water partition coefficient (Wildman–Crippen LogP) is 1.83. The lowest BCUT2D eigenvalue weighted by atomic mass is 10.2. The van der Waals surface area contributed by atoms with Crippen LogP contribution in [0, 0.1) is 6.92 Å². The first kappa shape index (κ1) is 13.4. The van der Waals surface area contributed by atoms with E-state index in [1.54, 1.807) is 0 Å². The molecule has 100 valence electrons. The Hall–Kier alpha value is -1.07.